The summed E-state index contributed by atoms with van der Waals surface area (Å²) in [6.07, 6.45) is 2.04. The lowest BCUT2D eigenvalue weighted by atomic mass is 9.93. The normalized spacial score (nSPS) is 12.0. The fourth-order valence-corrected chi connectivity index (χ4v) is 7.36. The van der Waals surface area contributed by atoms with Gasteiger partial charge in [-0.15, -0.1) is 0 Å². The highest BCUT2D eigenvalue weighted by molar-refractivity contribution is 6.39. The molecule has 0 unspecified atom stereocenters. The highest BCUT2D eigenvalue weighted by Gasteiger charge is 2.22. The number of halogens is 3. The number of aromatic nitrogens is 2. The Bertz CT molecular complexity index is 2160. The van der Waals surface area contributed by atoms with Gasteiger partial charge >= 0.3 is 0 Å². The van der Waals surface area contributed by atoms with Crippen LogP contribution in [0.1, 0.15) is 11.1 Å². The van der Waals surface area contributed by atoms with Gasteiger partial charge in [-0.1, -0.05) is 84.9 Å². The molecule has 5 heteroatoms. The lowest BCUT2D eigenvalue weighted by Gasteiger charge is -2.12. The molecule has 0 aliphatic carbocycles. The van der Waals surface area contributed by atoms with E-state index in [9.17, 15) is 0 Å². The Kier molecular flexibility index (Phi) is 5.88. The summed E-state index contributed by atoms with van der Waals surface area (Å²) in [6, 6.07) is 39.9. The van der Waals surface area contributed by atoms with Crippen molar-refractivity contribution in [1.29, 1.82) is 0 Å². The molecule has 1 heterocycles. The Hall–Kier alpha value is -3.89. The number of benzene rings is 8. The zero-order valence-electron chi connectivity index (χ0n) is 22.4. The van der Waals surface area contributed by atoms with Gasteiger partial charge in [0.2, 0.25) is 6.33 Å². The van der Waals surface area contributed by atoms with Crippen LogP contribution in [0.4, 0.5) is 0 Å². The van der Waals surface area contributed by atoms with Crippen LogP contribution in [0.2, 0.25) is 10.3 Å². The third-order valence-corrected chi connectivity index (χ3v) is 9.59. The Balaban J connectivity index is 0.00000267. The summed E-state index contributed by atoms with van der Waals surface area (Å²) >= 11 is 13.6. The van der Waals surface area contributed by atoms with Crippen molar-refractivity contribution in [2.75, 3.05) is 0 Å². The van der Waals surface area contributed by atoms with Gasteiger partial charge in [-0.05, 0) is 123 Å². The molecule has 0 aliphatic rings. The topological polar surface area (TPSA) is 8.81 Å². The average molecular weight is 646 g/mol. The Morgan fingerprint density at radius 1 is 0.500 bits per heavy atom. The van der Waals surface area contributed by atoms with E-state index in [1.165, 1.54) is 75.8 Å². The van der Waals surface area contributed by atoms with E-state index in [1.54, 1.807) is 0 Å². The minimum atomic E-state index is 0. The maximum atomic E-state index is 6.82. The van der Waals surface area contributed by atoms with Crippen LogP contribution in [0, 0.1) is 0 Å². The quantitative estimate of drug-likeness (QED) is 0.144. The van der Waals surface area contributed by atoms with Gasteiger partial charge in [0, 0.05) is 0 Å². The first-order valence-corrected chi connectivity index (χ1v) is 14.6. The highest BCUT2D eigenvalue weighted by atomic mass is 79.9. The second-order valence-corrected chi connectivity index (χ2v) is 11.9. The van der Waals surface area contributed by atoms with Gasteiger partial charge in [-0.2, -0.15) is 0 Å². The lowest BCUT2D eigenvalue weighted by Crippen LogP contribution is -3.00. The fraction of sp³-hybridized carbons (Fsp3) is 0.0541. The van der Waals surface area contributed by atoms with Crippen LogP contribution in [0.3, 0.4) is 0 Å². The van der Waals surface area contributed by atoms with Crippen molar-refractivity contribution >= 4 is 87.8 Å². The molecule has 0 spiro atoms. The monoisotopic (exact) mass is 644 g/mol. The minimum absolute atomic E-state index is 0. The van der Waals surface area contributed by atoms with Crippen LogP contribution in [-0.4, -0.2) is 4.57 Å². The molecule has 0 radical (unpaired) electrons. The third-order valence-electron chi connectivity index (χ3n) is 8.71. The van der Waals surface area contributed by atoms with E-state index in [-0.39, 0.29) is 17.0 Å². The smallest absolute Gasteiger partial charge is 0.255 e. The molecule has 0 atom stereocenters. The predicted octanol–water partition coefficient (Wildman–Crippen LogP) is 6.98. The molecule has 0 saturated carbocycles. The van der Waals surface area contributed by atoms with Crippen LogP contribution < -0.4 is 21.5 Å². The molecule has 9 rings (SSSR count). The molecule has 0 saturated heterocycles. The zero-order chi connectivity index (χ0) is 27.2. The van der Waals surface area contributed by atoms with E-state index in [0.29, 0.717) is 23.4 Å². The van der Waals surface area contributed by atoms with Gasteiger partial charge in [0.15, 0.2) is 0 Å². The predicted molar refractivity (Wildman–Crippen MR) is 173 cm³/mol. The summed E-state index contributed by atoms with van der Waals surface area (Å²) in [5.74, 6) is 0. The van der Waals surface area contributed by atoms with Gasteiger partial charge in [0.25, 0.3) is 10.3 Å². The first-order chi connectivity index (χ1) is 20.1. The maximum Gasteiger partial charge on any atom is 0.255 e. The molecule has 8 aromatic carbocycles. The number of hydrogen-bond acceptors (Lipinski definition) is 0. The van der Waals surface area contributed by atoms with Crippen molar-refractivity contribution in [3.63, 3.8) is 0 Å². The number of rotatable bonds is 4. The zero-order valence-corrected chi connectivity index (χ0v) is 25.5. The van der Waals surface area contributed by atoms with Gasteiger partial charge in [-0.3, -0.25) is 0 Å². The van der Waals surface area contributed by atoms with Crippen molar-refractivity contribution in [2.45, 2.75) is 13.1 Å². The summed E-state index contributed by atoms with van der Waals surface area (Å²) in [5.41, 5.74) is 2.39. The van der Waals surface area contributed by atoms with Crippen LogP contribution in [0.25, 0.3) is 64.6 Å². The molecule has 0 bridgehead atoms. The summed E-state index contributed by atoms with van der Waals surface area (Å²) in [6.45, 7) is 1.28. The molecule has 0 N–H and O–H groups in total. The number of imidazole rings is 1. The van der Waals surface area contributed by atoms with E-state index in [4.69, 9.17) is 23.2 Å². The van der Waals surface area contributed by atoms with Crippen molar-refractivity contribution in [1.82, 2.24) is 4.57 Å². The largest absolute Gasteiger partial charge is 1.00 e. The fourth-order valence-electron chi connectivity index (χ4n) is 6.94. The molecule has 9 aromatic rings. The van der Waals surface area contributed by atoms with Crippen LogP contribution in [0.5, 0.6) is 0 Å². The molecule has 1 aromatic heterocycles. The third kappa shape index (κ3) is 3.81. The molecule has 0 aliphatic heterocycles. The highest BCUT2D eigenvalue weighted by Crippen LogP contribution is 2.37. The number of nitrogens with zero attached hydrogens (tertiary/aromatic N) is 2. The second-order valence-electron chi connectivity index (χ2n) is 11.2. The van der Waals surface area contributed by atoms with Crippen molar-refractivity contribution in [3.8, 4) is 0 Å². The van der Waals surface area contributed by atoms with Crippen molar-refractivity contribution in [2.24, 2.45) is 0 Å². The van der Waals surface area contributed by atoms with E-state index < -0.39 is 0 Å². The Morgan fingerprint density at radius 3 is 1.33 bits per heavy atom. The van der Waals surface area contributed by atoms with Gasteiger partial charge < -0.3 is 17.0 Å². The molecular weight excluding hydrogens is 623 g/mol. The van der Waals surface area contributed by atoms with E-state index in [0.717, 1.165) is 0 Å². The number of hydrogen-bond donors (Lipinski definition) is 0. The summed E-state index contributed by atoms with van der Waals surface area (Å²) in [7, 11) is 0. The van der Waals surface area contributed by atoms with Crippen LogP contribution in [-0.2, 0) is 13.1 Å². The molecule has 202 valence electrons. The standard InChI is InChI=1S/C37H23Cl2N2.BrH/c38-36-37(39)41(20-23-17-30-13-9-26-5-2-6-27-10-14-31(18-23)35(30)33(26)27)21-40(36)19-22-15-28-11-7-24-3-1-4-25-8-12-29(16-22)34(28)32(24)25;/h1-18,21H,19-20H2;1H/q+1;/p-1. The maximum absolute atomic E-state index is 6.82. The average Bonchev–Trinajstić information content (AvgIpc) is 3.25. The van der Waals surface area contributed by atoms with E-state index >= 15 is 0 Å². The van der Waals surface area contributed by atoms with Gasteiger partial charge in [0.05, 0.1) is 0 Å². The molecule has 0 amide bonds. The molecule has 42 heavy (non-hydrogen) atoms. The van der Waals surface area contributed by atoms with Crippen LogP contribution >= 0.6 is 23.2 Å². The van der Waals surface area contributed by atoms with Crippen molar-refractivity contribution in [3.05, 3.63) is 137 Å². The summed E-state index contributed by atoms with van der Waals surface area (Å²) in [4.78, 5) is 0. The minimum Gasteiger partial charge on any atom is -1.00 e. The molecule has 0 fully saturated rings. The van der Waals surface area contributed by atoms with Crippen molar-refractivity contribution < 1.29 is 21.5 Å². The summed E-state index contributed by atoms with van der Waals surface area (Å²) in [5, 5.41) is 16.5. The second kappa shape index (κ2) is 9.57. The summed E-state index contributed by atoms with van der Waals surface area (Å²) < 4.78 is 4.09. The molecular formula is C37H23BrCl2N2. The Morgan fingerprint density at radius 2 is 0.881 bits per heavy atom. The van der Waals surface area contributed by atoms with Gasteiger partial charge in [-0.25, -0.2) is 9.13 Å². The van der Waals surface area contributed by atoms with Crippen LogP contribution in [0.15, 0.2) is 116 Å². The Labute approximate surface area is 262 Å². The first kappa shape index (κ1) is 25.8. The van der Waals surface area contributed by atoms with E-state index in [1.807, 2.05) is 15.5 Å². The van der Waals surface area contributed by atoms with E-state index in [2.05, 4.69) is 109 Å². The van der Waals surface area contributed by atoms with Gasteiger partial charge in [0.1, 0.15) is 13.1 Å². The SMILES string of the molecule is Clc1c(Cl)[n+](Cc2cc3ccc4cccc5ccc(c2)c3c45)cn1Cc1cc2ccc3cccc4ccc(c1)c2c34.[Br-]. The lowest BCUT2D eigenvalue weighted by molar-refractivity contribution is -0.685. The molecule has 2 nitrogen and oxygen atoms in total. The first-order valence-electron chi connectivity index (χ1n) is 13.9.